The highest BCUT2D eigenvalue weighted by molar-refractivity contribution is 5.99. The zero-order chi connectivity index (χ0) is 26.4. The third kappa shape index (κ3) is 6.24. The highest BCUT2D eigenvalue weighted by Gasteiger charge is 2.37. The van der Waals surface area contributed by atoms with E-state index in [2.05, 4.69) is 10.6 Å². The number of methoxy groups -OCH3 is 1. The number of aryl methyl sites for hydroxylation is 1. The number of nitrogens with zero attached hydrogens (tertiary/aromatic N) is 1. The van der Waals surface area contributed by atoms with E-state index in [0.29, 0.717) is 25.3 Å². The maximum atomic E-state index is 13.2. The van der Waals surface area contributed by atoms with Gasteiger partial charge in [0, 0.05) is 42.4 Å². The average molecular weight is 508 g/mol. The molecule has 1 fully saturated rings. The van der Waals surface area contributed by atoms with Crippen LogP contribution in [0.25, 0.3) is 0 Å². The van der Waals surface area contributed by atoms with Crippen molar-refractivity contribution in [3.05, 3.63) is 58.7 Å². The molecule has 0 spiro atoms. The molecule has 0 atom stereocenters. The SMILES string of the molecule is CCCCOC(=O)NCc1cccc2c1CN(C1CCC(C(=O)Nc3ccc(C)c(OC)c3)CC1)C2=O. The second-order valence-electron chi connectivity index (χ2n) is 9.90. The molecule has 0 aromatic heterocycles. The Morgan fingerprint density at radius 1 is 1.11 bits per heavy atom. The van der Waals surface area contributed by atoms with E-state index in [1.807, 2.05) is 55.1 Å². The number of unbranched alkanes of at least 4 members (excludes halogenated alkanes) is 1. The first kappa shape index (κ1) is 26.5. The Morgan fingerprint density at radius 3 is 2.62 bits per heavy atom. The second-order valence-corrected chi connectivity index (χ2v) is 9.90. The molecule has 0 bridgehead atoms. The molecule has 0 unspecified atom stereocenters. The molecular weight excluding hydrogens is 470 g/mol. The summed E-state index contributed by atoms with van der Waals surface area (Å²) in [6, 6.07) is 11.4. The molecule has 2 aromatic carbocycles. The van der Waals surface area contributed by atoms with Crippen molar-refractivity contribution in [3.63, 3.8) is 0 Å². The lowest BCUT2D eigenvalue weighted by atomic mass is 9.84. The lowest BCUT2D eigenvalue weighted by molar-refractivity contribution is -0.121. The van der Waals surface area contributed by atoms with E-state index in [1.54, 1.807) is 7.11 Å². The van der Waals surface area contributed by atoms with E-state index in [-0.39, 0.29) is 23.8 Å². The van der Waals surface area contributed by atoms with Crippen molar-refractivity contribution in [2.45, 2.75) is 71.5 Å². The van der Waals surface area contributed by atoms with Gasteiger partial charge in [0.1, 0.15) is 5.75 Å². The zero-order valence-corrected chi connectivity index (χ0v) is 22.0. The van der Waals surface area contributed by atoms with Crippen LogP contribution in [0.3, 0.4) is 0 Å². The number of nitrogens with one attached hydrogen (secondary N) is 2. The van der Waals surface area contributed by atoms with Crippen molar-refractivity contribution in [1.29, 1.82) is 0 Å². The van der Waals surface area contributed by atoms with Crippen LogP contribution in [0.1, 0.15) is 72.5 Å². The predicted octanol–water partition coefficient (Wildman–Crippen LogP) is 5.18. The van der Waals surface area contributed by atoms with Crippen molar-refractivity contribution in [2.24, 2.45) is 5.92 Å². The molecule has 2 aliphatic rings. The van der Waals surface area contributed by atoms with E-state index in [0.717, 1.165) is 66.7 Å². The summed E-state index contributed by atoms with van der Waals surface area (Å²) in [4.78, 5) is 40.0. The maximum Gasteiger partial charge on any atom is 0.407 e. The number of benzene rings is 2. The molecule has 1 heterocycles. The number of rotatable bonds is 9. The number of carbonyl (C=O) groups excluding carboxylic acids is 3. The molecule has 198 valence electrons. The fourth-order valence-electron chi connectivity index (χ4n) is 5.20. The van der Waals surface area contributed by atoms with Crippen LogP contribution < -0.4 is 15.4 Å². The third-order valence-electron chi connectivity index (χ3n) is 7.43. The van der Waals surface area contributed by atoms with Gasteiger partial charge in [0.05, 0.1) is 13.7 Å². The highest BCUT2D eigenvalue weighted by Crippen LogP contribution is 2.35. The van der Waals surface area contributed by atoms with Crippen LogP contribution in [-0.4, -0.2) is 42.6 Å². The van der Waals surface area contributed by atoms with Gasteiger partial charge in [-0.3, -0.25) is 9.59 Å². The van der Waals surface area contributed by atoms with Gasteiger partial charge in [0.2, 0.25) is 5.91 Å². The number of fused-ring (bicyclic) bond motifs is 1. The van der Waals surface area contributed by atoms with Crippen LogP contribution in [0.15, 0.2) is 36.4 Å². The van der Waals surface area contributed by atoms with E-state index in [4.69, 9.17) is 9.47 Å². The minimum Gasteiger partial charge on any atom is -0.496 e. The van der Waals surface area contributed by atoms with Crippen LogP contribution in [0.4, 0.5) is 10.5 Å². The molecule has 1 aliphatic carbocycles. The maximum absolute atomic E-state index is 13.2. The monoisotopic (exact) mass is 507 g/mol. The lowest BCUT2D eigenvalue weighted by Gasteiger charge is -2.34. The molecule has 0 radical (unpaired) electrons. The Balaban J connectivity index is 1.31. The Morgan fingerprint density at radius 2 is 1.89 bits per heavy atom. The van der Waals surface area contributed by atoms with Gasteiger partial charge in [-0.05, 0) is 67.9 Å². The summed E-state index contributed by atoms with van der Waals surface area (Å²) in [5, 5.41) is 5.83. The van der Waals surface area contributed by atoms with Crippen LogP contribution in [-0.2, 0) is 22.6 Å². The summed E-state index contributed by atoms with van der Waals surface area (Å²) < 4.78 is 10.5. The van der Waals surface area contributed by atoms with E-state index in [9.17, 15) is 14.4 Å². The highest BCUT2D eigenvalue weighted by atomic mass is 16.5. The number of ether oxygens (including phenoxy) is 2. The fraction of sp³-hybridized carbons (Fsp3) is 0.483. The van der Waals surface area contributed by atoms with Crippen LogP contribution >= 0.6 is 0 Å². The standard InChI is InChI=1S/C29H37N3O5/c1-4-5-15-37-29(35)30-17-21-7-6-8-24-25(21)18-32(28(24)34)23-13-10-20(11-14-23)27(33)31-22-12-9-19(2)26(16-22)36-3/h6-9,12,16,20,23H,4-5,10-11,13-15,17-18H2,1-3H3,(H,30,35)(H,31,33). The molecule has 1 saturated carbocycles. The quantitative estimate of drug-likeness (QED) is 0.456. The Labute approximate surface area is 218 Å². The van der Waals surface area contributed by atoms with Crippen molar-refractivity contribution < 1.29 is 23.9 Å². The van der Waals surface area contributed by atoms with Gasteiger partial charge in [-0.15, -0.1) is 0 Å². The van der Waals surface area contributed by atoms with Gasteiger partial charge >= 0.3 is 6.09 Å². The molecule has 8 nitrogen and oxygen atoms in total. The Hall–Kier alpha value is -3.55. The number of anilines is 1. The predicted molar refractivity (Wildman–Crippen MR) is 142 cm³/mol. The van der Waals surface area contributed by atoms with Crippen LogP contribution in [0.2, 0.25) is 0 Å². The number of amides is 3. The van der Waals surface area contributed by atoms with Gasteiger partial charge in [0.15, 0.2) is 0 Å². The van der Waals surface area contributed by atoms with Crippen molar-refractivity contribution in [3.8, 4) is 5.75 Å². The topological polar surface area (TPSA) is 97.0 Å². The lowest BCUT2D eigenvalue weighted by Crippen LogP contribution is -2.40. The van der Waals surface area contributed by atoms with Crippen molar-refractivity contribution in [1.82, 2.24) is 10.2 Å². The van der Waals surface area contributed by atoms with Gasteiger partial charge in [-0.2, -0.15) is 0 Å². The van der Waals surface area contributed by atoms with E-state index in [1.165, 1.54) is 0 Å². The smallest absolute Gasteiger partial charge is 0.407 e. The minimum absolute atomic E-state index is 0.0135. The van der Waals surface area contributed by atoms with Crippen LogP contribution in [0, 0.1) is 12.8 Å². The minimum atomic E-state index is -0.437. The molecule has 2 aromatic rings. The number of hydrogen-bond donors (Lipinski definition) is 2. The largest absolute Gasteiger partial charge is 0.496 e. The first-order valence-corrected chi connectivity index (χ1v) is 13.2. The number of alkyl carbamates (subject to hydrolysis) is 1. The van der Waals surface area contributed by atoms with Crippen LogP contribution in [0.5, 0.6) is 5.75 Å². The molecule has 2 N–H and O–H groups in total. The molecule has 4 rings (SSSR count). The summed E-state index contributed by atoms with van der Waals surface area (Å²) in [6.45, 7) is 5.27. The third-order valence-corrected chi connectivity index (χ3v) is 7.43. The fourth-order valence-corrected chi connectivity index (χ4v) is 5.20. The van der Waals surface area contributed by atoms with Gasteiger partial charge in [-0.1, -0.05) is 31.5 Å². The molecular formula is C29H37N3O5. The van der Waals surface area contributed by atoms with Gasteiger partial charge < -0.3 is 25.0 Å². The first-order valence-electron chi connectivity index (χ1n) is 13.2. The summed E-state index contributed by atoms with van der Waals surface area (Å²) in [5.74, 6) is 0.709. The van der Waals surface area contributed by atoms with E-state index < -0.39 is 6.09 Å². The van der Waals surface area contributed by atoms with Crippen molar-refractivity contribution in [2.75, 3.05) is 19.0 Å². The second kappa shape index (κ2) is 12.1. The zero-order valence-electron chi connectivity index (χ0n) is 22.0. The molecule has 1 aliphatic heterocycles. The number of hydrogen-bond acceptors (Lipinski definition) is 5. The summed E-state index contributed by atoms with van der Waals surface area (Å²) >= 11 is 0. The Kier molecular flexibility index (Phi) is 8.69. The average Bonchev–Trinajstić information content (AvgIpc) is 3.25. The van der Waals surface area contributed by atoms with Crippen molar-refractivity contribution >= 4 is 23.6 Å². The number of carbonyl (C=O) groups is 3. The molecule has 37 heavy (non-hydrogen) atoms. The molecule has 3 amide bonds. The summed E-state index contributed by atoms with van der Waals surface area (Å²) in [7, 11) is 1.62. The van der Waals surface area contributed by atoms with Gasteiger partial charge in [0.25, 0.3) is 5.91 Å². The first-order chi connectivity index (χ1) is 17.9. The molecule has 0 saturated heterocycles. The normalized spacial score (nSPS) is 18.8. The summed E-state index contributed by atoms with van der Waals surface area (Å²) in [5.41, 5.74) is 4.35. The van der Waals surface area contributed by atoms with E-state index >= 15 is 0 Å². The molecule has 8 heteroatoms. The Bertz CT molecular complexity index is 1140. The van der Waals surface area contributed by atoms with Gasteiger partial charge in [-0.25, -0.2) is 4.79 Å². The summed E-state index contributed by atoms with van der Waals surface area (Å²) in [6.07, 6.45) is 4.40.